The average Bonchev–Trinajstić information content (AvgIpc) is 3.11. The van der Waals surface area contributed by atoms with Gasteiger partial charge in [-0.25, -0.2) is 4.98 Å². The molecule has 0 unspecified atom stereocenters. The Morgan fingerprint density at radius 3 is 2.77 bits per heavy atom. The zero-order chi connectivity index (χ0) is 15.3. The maximum atomic E-state index is 10.2. The van der Waals surface area contributed by atoms with Crippen LogP contribution in [0.2, 0.25) is 0 Å². The predicted octanol–water partition coefficient (Wildman–Crippen LogP) is 4.45. The molecular formula is C17H21N3OS. The van der Waals surface area contributed by atoms with Gasteiger partial charge in [-0.1, -0.05) is 6.92 Å². The summed E-state index contributed by atoms with van der Waals surface area (Å²) in [6.07, 6.45) is 6.13. The van der Waals surface area contributed by atoms with E-state index in [1.807, 2.05) is 13.1 Å². The van der Waals surface area contributed by atoms with E-state index in [-0.39, 0.29) is 0 Å². The van der Waals surface area contributed by atoms with Crippen molar-refractivity contribution >= 4 is 32.6 Å². The van der Waals surface area contributed by atoms with Gasteiger partial charge in [-0.05, 0) is 50.0 Å². The van der Waals surface area contributed by atoms with Gasteiger partial charge in [0, 0.05) is 6.04 Å². The van der Waals surface area contributed by atoms with Crippen molar-refractivity contribution in [1.82, 2.24) is 14.5 Å². The highest BCUT2D eigenvalue weighted by atomic mass is 32.1. The van der Waals surface area contributed by atoms with Crippen LogP contribution in [0.4, 0.5) is 0 Å². The lowest BCUT2D eigenvalue weighted by molar-refractivity contribution is 0.176. The van der Waals surface area contributed by atoms with Crippen LogP contribution in [0.25, 0.3) is 21.3 Å². The molecule has 4 nitrogen and oxygen atoms in total. The molecule has 5 heteroatoms. The van der Waals surface area contributed by atoms with Crippen molar-refractivity contribution in [3.8, 4) is 0 Å². The van der Waals surface area contributed by atoms with Gasteiger partial charge < -0.3 is 9.67 Å². The molecule has 0 aromatic carbocycles. The third-order valence-corrected chi connectivity index (χ3v) is 5.79. The SMILES string of the molecule is CC1CCC(n2c([C@@H](C)O)nc3cnc4ccsc4c32)CC1. The zero-order valence-electron chi connectivity index (χ0n) is 13.0. The molecule has 0 radical (unpaired) electrons. The topological polar surface area (TPSA) is 50.9 Å². The highest BCUT2D eigenvalue weighted by Crippen LogP contribution is 2.39. The van der Waals surface area contributed by atoms with Crippen LogP contribution in [0, 0.1) is 5.92 Å². The number of rotatable bonds is 2. The summed E-state index contributed by atoms with van der Waals surface area (Å²) in [5.41, 5.74) is 3.10. The molecule has 0 bridgehead atoms. The number of thiophene rings is 1. The molecule has 22 heavy (non-hydrogen) atoms. The van der Waals surface area contributed by atoms with Crippen LogP contribution in [-0.4, -0.2) is 19.6 Å². The van der Waals surface area contributed by atoms with E-state index in [0.717, 1.165) is 28.3 Å². The van der Waals surface area contributed by atoms with Gasteiger partial charge in [-0.15, -0.1) is 11.3 Å². The highest BCUT2D eigenvalue weighted by molar-refractivity contribution is 7.18. The van der Waals surface area contributed by atoms with Gasteiger partial charge in [0.1, 0.15) is 17.4 Å². The molecule has 0 spiro atoms. The Kier molecular flexibility index (Phi) is 3.42. The van der Waals surface area contributed by atoms with Crippen molar-refractivity contribution < 1.29 is 5.11 Å². The van der Waals surface area contributed by atoms with Gasteiger partial charge in [0.05, 0.1) is 21.9 Å². The molecule has 4 rings (SSSR count). The molecule has 0 amide bonds. The summed E-state index contributed by atoms with van der Waals surface area (Å²) in [6, 6.07) is 2.50. The fourth-order valence-corrected chi connectivity index (χ4v) is 4.55. The minimum absolute atomic E-state index is 0.443. The molecule has 3 heterocycles. The molecule has 1 atom stereocenters. The molecule has 3 aromatic rings. The van der Waals surface area contributed by atoms with Crippen LogP contribution in [0.1, 0.15) is 57.5 Å². The molecule has 0 saturated heterocycles. The Morgan fingerprint density at radius 2 is 2.05 bits per heavy atom. The molecule has 116 valence electrons. The van der Waals surface area contributed by atoms with Crippen LogP contribution in [-0.2, 0) is 0 Å². The minimum atomic E-state index is -0.554. The van der Waals surface area contributed by atoms with Crippen LogP contribution in [0.3, 0.4) is 0 Å². The Morgan fingerprint density at radius 1 is 1.27 bits per heavy atom. The Bertz CT molecular complexity index is 812. The second kappa shape index (κ2) is 5.32. The van der Waals surface area contributed by atoms with E-state index in [4.69, 9.17) is 4.98 Å². The first-order valence-corrected chi connectivity index (χ1v) is 8.95. The summed E-state index contributed by atoms with van der Waals surface area (Å²) in [4.78, 5) is 9.19. The van der Waals surface area contributed by atoms with E-state index >= 15 is 0 Å². The maximum Gasteiger partial charge on any atom is 0.138 e. The van der Waals surface area contributed by atoms with E-state index in [9.17, 15) is 5.11 Å². The summed E-state index contributed by atoms with van der Waals surface area (Å²) in [5, 5.41) is 12.3. The van der Waals surface area contributed by atoms with Gasteiger partial charge in [0.15, 0.2) is 0 Å². The first kappa shape index (κ1) is 14.2. The largest absolute Gasteiger partial charge is 0.385 e. The van der Waals surface area contributed by atoms with Gasteiger partial charge >= 0.3 is 0 Å². The number of nitrogens with zero attached hydrogens (tertiary/aromatic N) is 3. The Labute approximate surface area is 133 Å². The zero-order valence-corrected chi connectivity index (χ0v) is 13.8. The smallest absolute Gasteiger partial charge is 0.138 e. The number of hydrogen-bond donors (Lipinski definition) is 1. The molecular weight excluding hydrogens is 294 g/mol. The number of aliphatic hydroxyl groups is 1. The molecule has 0 aliphatic heterocycles. The van der Waals surface area contributed by atoms with E-state index in [1.165, 1.54) is 30.4 Å². The molecule has 1 saturated carbocycles. The second-order valence-electron chi connectivity index (χ2n) is 6.56. The van der Waals surface area contributed by atoms with Crippen LogP contribution in [0.15, 0.2) is 17.6 Å². The first-order chi connectivity index (χ1) is 10.6. The summed E-state index contributed by atoms with van der Waals surface area (Å²) < 4.78 is 3.50. The van der Waals surface area contributed by atoms with E-state index in [2.05, 4.69) is 27.9 Å². The molecule has 1 aliphatic carbocycles. The van der Waals surface area contributed by atoms with Gasteiger partial charge in [-0.3, -0.25) is 4.98 Å². The fourth-order valence-electron chi connectivity index (χ4n) is 3.66. The summed E-state index contributed by atoms with van der Waals surface area (Å²) in [5.74, 6) is 1.60. The van der Waals surface area contributed by atoms with Gasteiger partial charge in [0.25, 0.3) is 0 Å². The van der Waals surface area contributed by atoms with E-state index in [0.29, 0.717) is 6.04 Å². The highest BCUT2D eigenvalue weighted by Gasteiger charge is 2.26. The number of aliphatic hydroxyl groups excluding tert-OH is 1. The molecule has 3 aromatic heterocycles. The lowest BCUT2D eigenvalue weighted by Gasteiger charge is -2.29. The quantitative estimate of drug-likeness (QED) is 0.760. The Balaban J connectivity index is 1.96. The predicted molar refractivity (Wildman–Crippen MR) is 90.2 cm³/mol. The van der Waals surface area contributed by atoms with Crippen molar-refractivity contribution in [3.05, 3.63) is 23.5 Å². The number of fused-ring (bicyclic) bond motifs is 3. The fraction of sp³-hybridized carbons (Fsp3) is 0.529. The third kappa shape index (κ3) is 2.15. The maximum absolute atomic E-state index is 10.2. The van der Waals surface area contributed by atoms with E-state index in [1.54, 1.807) is 11.3 Å². The standard InChI is InChI=1S/C17H21N3OS/c1-10-3-5-12(6-4-10)20-15-14(19-17(20)11(2)21)9-18-13-7-8-22-16(13)15/h7-12,21H,3-6H2,1-2H3/t10?,11-,12?/m1/s1. The van der Waals surface area contributed by atoms with Crippen molar-refractivity contribution in [1.29, 1.82) is 0 Å². The second-order valence-corrected chi connectivity index (χ2v) is 7.47. The van der Waals surface area contributed by atoms with Crippen LogP contribution < -0.4 is 0 Å². The molecule has 1 N–H and O–H groups in total. The normalized spacial score (nSPS) is 24.1. The van der Waals surface area contributed by atoms with Crippen molar-refractivity contribution in [2.45, 2.75) is 51.7 Å². The number of imidazole rings is 1. The molecule has 1 fully saturated rings. The number of hydrogen-bond acceptors (Lipinski definition) is 4. The lowest BCUT2D eigenvalue weighted by atomic mass is 9.87. The summed E-state index contributed by atoms with van der Waals surface area (Å²) in [7, 11) is 0. The average molecular weight is 315 g/mol. The number of aromatic nitrogens is 3. The van der Waals surface area contributed by atoms with E-state index < -0.39 is 6.10 Å². The Hall–Kier alpha value is -1.46. The molecule has 1 aliphatic rings. The van der Waals surface area contributed by atoms with Crippen LogP contribution in [0.5, 0.6) is 0 Å². The van der Waals surface area contributed by atoms with Crippen molar-refractivity contribution in [2.24, 2.45) is 5.92 Å². The monoisotopic (exact) mass is 315 g/mol. The van der Waals surface area contributed by atoms with Crippen molar-refractivity contribution in [2.75, 3.05) is 0 Å². The van der Waals surface area contributed by atoms with Gasteiger partial charge in [0.2, 0.25) is 0 Å². The first-order valence-electron chi connectivity index (χ1n) is 8.07. The lowest BCUT2D eigenvalue weighted by Crippen LogP contribution is -2.19. The van der Waals surface area contributed by atoms with Crippen molar-refractivity contribution in [3.63, 3.8) is 0 Å². The number of pyridine rings is 1. The van der Waals surface area contributed by atoms with Crippen LogP contribution >= 0.6 is 11.3 Å². The third-order valence-electron chi connectivity index (χ3n) is 4.87. The summed E-state index contributed by atoms with van der Waals surface area (Å²) in [6.45, 7) is 4.14. The minimum Gasteiger partial charge on any atom is -0.385 e. The van der Waals surface area contributed by atoms with Gasteiger partial charge in [-0.2, -0.15) is 0 Å². The summed E-state index contributed by atoms with van der Waals surface area (Å²) >= 11 is 1.72.